The average Bonchev–Trinajstić information content (AvgIpc) is 3.13. The number of aliphatic hydroxyl groups is 1. The van der Waals surface area contributed by atoms with Crippen LogP contribution in [-0.2, 0) is 18.4 Å². The first-order valence-corrected chi connectivity index (χ1v) is 22.4. The molecule has 0 aromatic carbocycles. The van der Waals surface area contributed by atoms with Crippen molar-refractivity contribution in [2.24, 2.45) is 5.73 Å². The summed E-state index contributed by atoms with van der Waals surface area (Å²) in [7, 11) is -4.35. The van der Waals surface area contributed by atoms with E-state index in [-0.39, 0.29) is 25.7 Å². The summed E-state index contributed by atoms with van der Waals surface area (Å²) in [6, 6.07) is -0.892. The van der Waals surface area contributed by atoms with E-state index in [0.29, 0.717) is 6.42 Å². The molecule has 0 rings (SSSR count). The Hall–Kier alpha value is -1.80. The molecule has 0 aliphatic carbocycles. The molecule has 8 nitrogen and oxygen atoms in total. The van der Waals surface area contributed by atoms with Gasteiger partial charge in [0.25, 0.3) is 0 Å². The molecule has 52 heavy (non-hydrogen) atoms. The van der Waals surface area contributed by atoms with Gasteiger partial charge >= 0.3 is 7.82 Å². The number of hydrogen-bond donors (Lipinski definition) is 4. The van der Waals surface area contributed by atoms with Crippen LogP contribution in [0.25, 0.3) is 0 Å². The van der Waals surface area contributed by atoms with E-state index < -0.39 is 20.0 Å². The lowest BCUT2D eigenvalue weighted by Gasteiger charge is -2.23. The molecule has 0 fully saturated rings. The van der Waals surface area contributed by atoms with Crippen LogP contribution in [0.4, 0.5) is 0 Å². The van der Waals surface area contributed by atoms with Crippen molar-refractivity contribution >= 4 is 13.7 Å². The van der Waals surface area contributed by atoms with Crippen molar-refractivity contribution in [1.29, 1.82) is 0 Å². The summed E-state index contributed by atoms with van der Waals surface area (Å²) < 4.78 is 22.1. The van der Waals surface area contributed by atoms with Gasteiger partial charge in [-0.15, -0.1) is 0 Å². The van der Waals surface area contributed by atoms with E-state index in [2.05, 4.69) is 67.8 Å². The predicted octanol–water partition coefficient (Wildman–Crippen LogP) is 11.5. The Morgan fingerprint density at radius 3 is 1.65 bits per heavy atom. The first-order valence-electron chi connectivity index (χ1n) is 20.9. The SMILES string of the molecule is CCCC/C=C\C/C=C\CCCCCCCC(=O)NC(COP(=O)(O)OCCN)C(O)/C=C/CC/C=C/CC/C=C/CCCCCCCCCCC. The Kier molecular flexibility index (Phi) is 37.6. The molecule has 0 radical (unpaired) electrons. The number of phosphoric acid groups is 1. The molecule has 0 spiro atoms. The molecule has 3 unspecified atom stereocenters. The van der Waals surface area contributed by atoms with Crippen LogP contribution in [0, 0.1) is 0 Å². The number of nitrogens with two attached hydrogens (primary N) is 1. The average molecular weight is 751 g/mol. The molecular formula is C43H79N2O6P. The summed E-state index contributed by atoms with van der Waals surface area (Å²) in [5.74, 6) is -0.225. The number of carbonyl (C=O) groups excluding carboxylic acids is 1. The van der Waals surface area contributed by atoms with Gasteiger partial charge in [0.15, 0.2) is 0 Å². The Morgan fingerprint density at radius 2 is 1.10 bits per heavy atom. The number of phosphoric ester groups is 1. The van der Waals surface area contributed by atoms with Gasteiger partial charge in [-0.2, -0.15) is 0 Å². The maximum absolute atomic E-state index is 12.7. The van der Waals surface area contributed by atoms with Gasteiger partial charge in [-0.05, 0) is 70.6 Å². The largest absolute Gasteiger partial charge is 0.472 e. The topological polar surface area (TPSA) is 131 Å². The zero-order valence-corrected chi connectivity index (χ0v) is 34.2. The fourth-order valence-electron chi connectivity index (χ4n) is 5.59. The van der Waals surface area contributed by atoms with Crippen LogP contribution in [0.1, 0.15) is 174 Å². The number of carbonyl (C=O) groups is 1. The molecule has 9 heteroatoms. The van der Waals surface area contributed by atoms with Crippen LogP contribution in [0.3, 0.4) is 0 Å². The van der Waals surface area contributed by atoms with Crippen molar-refractivity contribution in [3.05, 3.63) is 60.8 Å². The molecule has 0 bridgehead atoms. The van der Waals surface area contributed by atoms with Crippen LogP contribution in [0.15, 0.2) is 60.8 Å². The lowest BCUT2D eigenvalue weighted by atomic mass is 10.1. The van der Waals surface area contributed by atoms with Gasteiger partial charge in [0.2, 0.25) is 5.91 Å². The molecule has 0 saturated heterocycles. The summed E-state index contributed by atoms with van der Waals surface area (Å²) in [6.07, 6.45) is 48.4. The van der Waals surface area contributed by atoms with Gasteiger partial charge in [0, 0.05) is 13.0 Å². The first-order chi connectivity index (χ1) is 25.4. The Bertz CT molecular complexity index is 996. The van der Waals surface area contributed by atoms with E-state index in [1.807, 2.05) is 6.08 Å². The fraction of sp³-hybridized carbons (Fsp3) is 0.744. The maximum Gasteiger partial charge on any atom is 0.472 e. The highest BCUT2D eigenvalue weighted by Gasteiger charge is 2.26. The molecule has 0 aromatic rings. The predicted molar refractivity (Wildman–Crippen MR) is 221 cm³/mol. The quantitative estimate of drug-likeness (QED) is 0.0281. The molecule has 0 aliphatic rings. The molecular weight excluding hydrogens is 671 g/mol. The molecule has 0 saturated carbocycles. The zero-order chi connectivity index (χ0) is 38.2. The highest BCUT2D eigenvalue weighted by molar-refractivity contribution is 7.47. The second-order valence-electron chi connectivity index (χ2n) is 13.8. The number of nitrogens with one attached hydrogen (secondary N) is 1. The number of aliphatic hydroxyl groups excluding tert-OH is 1. The van der Waals surface area contributed by atoms with Gasteiger partial charge in [0.05, 0.1) is 25.4 Å². The minimum absolute atomic E-state index is 0.0669. The van der Waals surface area contributed by atoms with E-state index in [1.54, 1.807) is 6.08 Å². The summed E-state index contributed by atoms with van der Waals surface area (Å²) in [5.41, 5.74) is 5.36. The van der Waals surface area contributed by atoms with Crippen LogP contribution < -0.4 is 11.1 Å². The summed E-state index contributed by atoms with van der Waals surface area (Å²) >= 11 is 0. The number of rotatable bonds is 38. The summed E-state index contributed by atoms with van der Waals surface area (Å²) in [5, 5.41) is 13.6. The normalized spacial score (nSPS) is 14.8. The number of allylic oxidation sites excluding steroid dienone is 9. The van der Waals surface area contributed by atoms with Gasteiger partial charge in [-0.25, -0.2) is 4.57 Å². The highest BCUT2D eigenvalue weighted by atomic mass is 31.2. The monoisotopic (exact) mass is 751 g/mol. The fourth-order valence-corrected chi connectivity index (χ4v) is 6.35. The Balaban J connectivity index is 4.36. The standard InChI is InChI=1S/C43H79N2O6P/c1-3-5-7-9-11-13-15-17-19-20-21-22-23-24-26-28-30-32-34-36-42(46)41(40-51-52(48,49)50-39-38-44)45-43(47)37-35-33-31-29-27-25-18-16-14-12-10-8-6-4-2/h10,12,16,18,21-22,26,28,34,36,41-42,46H,3-9,11,13-15,17,19-20,23-25,27,29-33,35,37-40,44H2,1-2H3,(H,45,47)(H,48,49)/b12-10-,18-16-,22-21+,28-26+,36-34+. The smallest absolute Gasteiger partial charge is 0.387 e. The maximum atomic E-state index is 12.7. The minimum atomic E-state index is -4.35. The molecule has 5 N–H and O–H groups in total. The number of hydrogen-bond acceptors (Lipinski definition) is 6. The van der Waals surface area contributed by atoms with Crippen LogP contribution in [-0.4, -0.2) is 47.8 Å². The van der Waals surface area contributed by atoms with Crippen molar-refractivity contribution in [3.8, 4) is 0 Å². The second-order valence-corrected chi connectivity index (χ2v) is 15.3. The minimum Gasteiger partial charge on any atom is -0.387 e. The van der Waals surface area contributed by atoms with Crippen molar-refractivity contribution in [2.45, 2.75) is 187 Å². The van der Waals surface area contributed by atoms with E-state index >= 15 is 0 Å². The third-order valence-electron chi connectivity index (χ3n) is 8.79. The van der Waals surface area contributed by atoms with Crippen molar-refractivity contribution < 1.29 is 28.4 Å². The number of unbranched alkanes of at least 4 members (excludes halogenated alkanes) is 18. The third-order valence-corrected chi connectivity index (χ3v) is 9.78. The lowest BCUT2D eigenvalue weighted by Crippen LogP contribution is -2.45. The van der Waals surface area contributed by atoms with E-state index in [1.165, 1.54) is 83.5 Å². The van der Waals surface area contributed by atoms with Gasteiger partial charge in [0.1, 0.15) is 0 Å². The van der Waals surface area contributed by atoms with Gasteiger partial charge in [-0.3, -0.25) is 13.8 Å². The van der Waals surface area contributed by atoms with E-state index in [9.17, 15) is 19.4 Å². The van der Waals surface area contributed by atoms with Crippen LogP contribution in [0.5, 0.6) is 0 Å². The van der Waals surface area contributed by atoms with Gasteiger partial charge in [-0.1, -0.05) is 158 Å². The molecule has 1 amide bonds. The summed E-state index contributed by atoms with van der Waals surface area (Å²) in [6.45, 7) is 4.03. The summed E-state index contributed by atoms with van der Waals surface area (Å²) in [4.78, 5) is 22.6. The molecule has 0 aliphatic heterocycles. The zero-order valence-electron chi connectivity index (χ0n) is 33.3. The van der Waals surface area contributed by atoms with Crippen LogP contribution in [0.2, 0.25) is 0 Å². The number of amides is 1. The third kappa shape index (κ3) is 36.6. The van der Waals surface area contributed by atoms with Crippen LogP contribution >= 0.6 is 7.82 Å². The van der Waals surface area contributed by atoms with Gasteiger partial charge < -0.3 is 21.1 Å². The molecule has 302 valence electrons. The van der Waals surface area contributed by atoms with Crippen molar-refractivity contribution in [3.63, 3.8) is 0 Å². The Morgan fingerprint density at radius 1 is 0.635 bits per heavy atom. The van der Waals surface area contributed by atoms with E-state index in [4.69, 9.17) is 14.8 Å². The Labute approximate surface area is 319 Å². The van der Waals surface area contributed by atoms with Crippen molar-refractivity contribution in [2.75, 3.05) is 19.8 Å². The highest BCUT2D eigenvalue weighted by Crippen LogP contribution is 2.43. The van der Waals surface area contributed by atoms with Crippen molar-refractivity contribution in [1.82, 2.24) is 5.32 Å². The molecule has 0 aromatic heterocycles. The lowest BCUT2D eigenvalue weighted by molar-refractivity contribution is -0.123. The first kappa shape index (κ1) is 50.2. The van der Waals surface area contributed by atoms with E-state index in [0.717, 1.165) is 70.6 Å². The molecule has 0 heterocycles. The molecule has 3 atom stereocenters. The second kappa shape index (κ2) is 38.9.